The van der Waals surface area contributed by atoms with Crippen molar-refractivity contribution in [1.29, 1.82) is 0 Å². The van der Waals surface area contributed by atoms with E-state index in [-0.39, 0.29) is 6.10 Å². The van der Waals surface area contributed by atoms with Crippen molar-refractivity contribution < 1.29 is 19.7 Å². The molecule has 0 heterocycles. The highest BCUT2D eigenvalue weighted by Gasteiger charge is 2.05. The predicted octanol–water partition coefficient (Wildman–Crippen LogP) is 0.170. The Kier molecular flexibility index (Phi) is 7.17. The van der Waals surface area contributed by atoms with Gasteiger partial charge in [0.1, 0.15) is 0 Å². The van der Waals surface area contributed by atoms with Crippen LogP contribution in [0.5, 0.6) is 0 Å². The summed E-state index contributed by atoms with van der Waals surface area (Å²) >= 11 is 0. The largest absolute Gasteiger partial charge is 0.391 e. The standard InChI is InChI=1S/C9H20O4/c1-7(10)4-12-6-9(3)13-5-8(2)11/h7-11H,4-6H2,1-3H3/t7-,8-,9-/m0/s1. The summed E-state index contributed by atoms with van der Waals surface area (Å²) in [6, 6.07) is 0. The smallest absolute Gasteiger partial charge is 0.0781 e. The van der Waals surface area contributed by atoms with Crippen LogP contribution >= 0.6 is 0 Å². The molecule has 0 amide bonds. The molecule has 3 atom stereocenters. The van der Waals surface area contributed by atoms with E-state index in [1.54, 1.807) is 13.8 Å². The summed E-state index contributed by atoms with van der Waals surface area (Å²) in [4.78, 5) is 0. The fraction of sp³-hybridized carbons (Fsp3) is 1.00. The minimum atomic E-state index is -0.445. The zero-order chi connectivity index (χ0) is 10.3. The molecule has 0 saturated carbocycles. The Bertz CT molecular complexity index is 114. The van der Waals surface area contributed by atoms with Gasteiger partial charge in [0.2, 0.25) is 0 Å². The molecule has 0 aromatic heterocycles. The molecule has 0 spiro atoms. The van der Waals surface area contributed by atoms with E-state index in [0.29, 0.717) is 19.8 Å². The van der Waals surface area contributed by atoms with E-state index in [4.69, 9.17) is 19.7 Å². The molecule has 13 heavy (non-hydrogen) atoms. The molecule has 4 heteroatoms. The van der Waals surface area contributed by atoms with Gasteiger partial charge in [-0.1, -0.05) is 0 Å². The third kappa shape index (κ3) is 9.76. The van der Waals surface area contributed by atoms with Crippen molar-refractivity contribution in [2.24, 2.45) is 0 Å². The Labute approximate surface area is 79.5 Å². The van der Waals surface area contributed by atoms with Crippen molar-refractivity contribution in [1.82, 2.24) is 0 Å². The summed E-state index contributed by atoms with van der Waals surface area (Å²) < 4.78 is 10.4. The molecule has 4 nitrogen and oxygen atoms in total. The second kappa shape index (κ2) is 7.26. The number of ether oxygens (including phenoxy) is 2. The van der Waals surface area contributed by atoms with Gasteiger partial charge in [-0.25, -0.2) is 0 Å². The minimum absolute atomic E-state index is 0.0478. The van der Waals surface area contributed by atoms with E-state index in [2.05, 4.69) is 0 Å². The van der Waals surface area contributed by atoms with Gasteiger partial charge in [-0.05, 0) is 20.8 Å². The summed E-state index contributed by atoms with van der Waals surface area (Å²) in [5, 5.41) is 17.8. The average Bonchev–Trinajstić information content (AvgIpc) is 2.00. The summed E-state index contributed by atoms with van der Waals surface area (Å²) in [7, 11) is 0. The monoisotopic (exact) mass is 192 g/mol. The van der Waals surface area contributed by atoms with Crippen molar-refractivity contribution in [3.05, 3.63) is 0 Å². The topological polar surface area (TPSA) is 58.9 Å². The Morgan fingerprint density at radius 3 is 1.92 bits per heavy atom. The van der Waals surface area contributed by atoms with Gasteiger partial charge in [0, 0.05) is 0 Å². The summed E-state index contributed by atoms with van der Waals surface area (Å²) in [6.45, 7) is 6.29. The molecular formula is C9H20O4. The highest BCUT2D eigenvalue weighted by molar-refractivity contribution is 4.51. The van der Waals surface area contributed by atoms with E-state index in [1.807, 2.05) is 6.92 Å². The Hall–Kier alpha value is -0.160. The van der Waals surface area contributed by atoms with Crippen molar-refractivity contribution in [3.8, 4) is 0 Å². The minimum Gasteiger partial charge on any atom is -0.391 e. The van der Waals surface area contributed by atoms with Crippen LogP contribution in [0.2, 0.25) is 0 Å². The lowest BCUT2D eigenvalue weighted by atomic mass is 10.4. The first-order valence-corrected chi connectivity index (χ1v) is 4.57. The lowest BCUT2D eigenvalue weighted by Gasteiger charge is -2.15. The van der Waals surface area contributed by atoms with Crippen LogP contribution in [-0.2, 0) is 9.47 Å². The van der Waals surface area contributed by atoms with Crippen LogP contribution in [0.3, 0.4) is 0 Å². The van der Waals surface area contributed by atoms with Gasteiger partial charge in [0.05, 0.1) is 38.1 Å². The van der Waals surface area contributed by atoms with Crippen LogP contribution in [0, 0.1) is 0 Å². The lowest BCUT2D eigenvalue weighted by molar-refractivity contribution is -0.0492. The molecule has 0 radical (unpaired) electrons. The Morgan fingerprint density at radius 2 is 1.46 bits per heavy atom. The maximum atomic E-state index is 8.91. The van der Waals surface area contributed by atoms with Crippen molar-refractivity contribution in [3.63, 3.8) is 0 Å². The van der Waals surface area contributed by atoms with Crippen molar-refractivity contribution in [2.45, 2.75) is 39.1 Å². The Balaban J connectivity index is 3.25. The van der Waals surface area contributed by atoms with E-state index in [1.165, 1.54) is 0 Å². The molecule has 0 bridgehead atoms. The normalized spacial score (nSPS) is 18.2. The first kappa shape index (κ1) is 12.8. The fourth-order valence-corrected chi connectivity index (χ4v) is 0.756. The Morgan fingerprint density at radius 1 is 0.923 bits per heavy atom. The first-order valence-electron chi connectivity index (χ1n) is 4.57. The van der Waals surface area contributed by atoms with Gasteiger partial charge < -0.3 is 19.7 Å². The molecule has 0 aromatic rings. The molecule has 0 aromatic carbocycles. The van der Waals surface area contributed by atoms with E-state index in [0.717, 1.165) is 0 Å². The van der Waals surface area contributed by atoms with Crippen LogP contribution in [0.15, 0.2) is 0 Å². The van der Waals surface area contributed by atoms with Gasteiger partial charge >= 0.3 is 0 Å². The maximum Gasteiger partial charge on any atom is 0.0781 e. The summed E-state index contributed by atoms with van der Waals surface area (Å²) in [5.74, 6) is 0. The number of aliphatic hydroxyl groups is 2. The average molecular weight is 192 g/mol. The third-order valence-corrected chi connectivity index (χ3v) is 1.33. The lowest BCUT2D eigenvalue weighted by Crippen LogP contribution is -2.23. The van der Waals surface area contributed by atoms with E-state index < -0.39 is 12.2 Å². The first-order chi connectivity index (χ1) is 6.02. The predicted molar refractivity (Wildman–Crippen MR) is 49.6 cm³/mol. The molecule has 2 N–H and O–H groups in total. The van der Waals surface area contributed by atoms with Crippen LogP contribution in [0.25, 0.3) is 0 Å². The third-order valence-electron chi connectivity index (χ3n) is 1.33. The highest BCUT2D eigenvalue weighted by atomic mass is 16.5. The second-order valence-electron chi connectivity index (χ2n) is 3.38. The number of rotatable bonds is 7. The van der Waals surface area contributed by atoms with Crippen molar-refractivity contribution in [2.75, 3.05) is 19.8 Å². The van der Waals surface area contributed by atoms with Gasteiger partial charge in [0.15, 0.2) is 0 Å². The van der Waals surface area contributed by atoms with Crippen LogP contribution < -0.4 is 0 Å². The van der Waals surface area contributed by atoms with Gasteiger partial charge in [-0.3, -0.25) is 0 Å². The highest BCUT2D eigenvalue weighted by Crippen LogP contribution is 1.95. The molecule has 0 aliphatic rings. The van der Waals surface area contributed by atoms with Crippen LogP contribution in [0.4, 0.5) is 0 Å². The number of aliphatic hydroxyl groups excluding tert-OH is 2. The molecule has 0 fully saturated rings. The zero-order valence-electron chi connectivity index (χ0n) is 8.56. The van der Waals surface area contributed by atoms with E-state index >= 15 is 0 Å². The van der Waals surface area contributed by atoms with Crippen molar-refractivity contribution >= 4 is 0 Å². The summed E-state index contributed by atoms with van der Waals surface area (Å²) in [5.41, 5.74) is 0. The zero-order valence-corrected chi connectivity index (χ0v) is 8.56. The van der Waals surface area contributed by atoms with Gasteiger partial charge in [0.25, 0.3) is 0 Å². The molecule has 0 saturated heterocycles. The van der Waals surface area contributed by atoms with Gasteiger partial charge in [-0.15, -0.1) is 0 Å². The SMILES string of the molecule is C[C@H](O)COC[C@H](C)OC[C@H](C)O. The molecule has 0 aliphatic heterocycles. The molecule has 0 unspecified atom stereocenters. The summed E-state index contributed by atoms with van der Waals surface area (Å²) in [6.07, 6.45) is -0.934. The van der Waals surface area contributed by atoms with Crippen LogP contribution in [-0.4, -0.2) is 48.3 Å². The molecular weight excluding hydrogens is 172 g/mol. The molecule has 0 aliphatic carbocycles. The van der Waals surface area contributed by atoms with E-state index in [9.17, 15) is 0 Å². The quantitative estimate of drug-likeness (QED) is 0.603. The second-order valence-corrected chi connectivity index (χ2v) is 3.38. The van der Waals surface area contributed by atoms with Gasteiger partial charge in [-0.2, -0.15) is 0 Å². The van der Waals surface area contributed by atoms with Crippen LogP contribution in [0.1, 0.15) is 20.8 Å². The number of hydrogen-bond donors (Lipinski definition) is 2. The molecule has 0 rings (SSSR count). The number of hydrogen-bond acceptors (Lipinski definition) is 4. The fourth-order valence-electron chi connectivity index (χ4n) is 0.756. The molecule has 80 valence electrons. The maximum absolute atomic E-state index is 8.91.